The van der Waals surface area contributed by atoms with Crippen molar-refractivity contribution in [2.45, 2.75) is 12.8 Å². The van der Waals surface area contributed by atoms with E-state index in [9.17, 15) is 4.39 Å². The summed E-state index contributed by atoms with van der Waals surface area (Å²) in [7, 11) is 0. The number of halogens is 1. The summed E-state index contributed by atoms with van der Waals surface area (Å²) in [6, 6.07) is 6.62. The number of hydrogen-bond acceptors (Lipinski definition) is 2. The molecule has 2 rings (SSSR count). The Bertz CT molecular complexity index is 335. The van der Waals surface area contributed by atoms with Gasteiger partial charge >= 0.3 is 0 Å². The minimum atomic E-state index is -0.180. The quantitative estimate of drug-likeness (QED) is 0.771. The molecular weight excluding hydrogens is 191 g/mol. The van der Waals surface area contributed by atoms with Crippen molar-refractivity contribution in [2.75, 3.05) is 13.1 Å². The van der Waals surface area contributed by atoms with Gasteiger partial charge in [-0.3, -0.25) is 0 Å². The molecule has 1 aromatic rings. The predicted octanol–water partition coefficient (Wildman–Crippen LogP) is 1.79. The summed E-state index contributed by atoms with van der Waals surface area (Å²) in [6.45, 7) is 2.06. The number of allylic oxidation sites excluding steroid dienone is 1. The van der Waals surface area contributed by atoms with Crippen LogP contribution in [0.2, 0.25) is 0 Å². The van der Waals surface area contributed by atoms with Gasteiger partial charge in [0.2, 0.25) is 0 Å². The van der Waals surface area contributed by atoms with Gasteiger partial charge in [-0.05, 0) is 36.6 Å². The first-order valence-corrected chi connectivity index (χ1v) is 5.27. The molecule has 2 nitrogen and oxygen atoms in total. The smallest absolute Gasteiger partial charge is 0.123 e. The lowest BCUT2D eigenvalue weighted by Gasteiger charge is -2.18. The average molecular weight is 206 g/mol. The van der Waals surface area contributed by atoms with Crippen LogP contribution in [0.3, 0.4) is 0 Å². The maximum atomic E-state index is 12.6. The summed E-state index contributed by atoms with van der Waals surface area (Å²) in [5.74, 6) is 0.908. The molecule has 15 heavy (non-hydrogen) atoms. The van der Waals surface area contributed by atoms with Gasteiger partial charge in [-0.25, -0.2) is 4.39 Å². The highest BCUT2D eigenvalue weighted by Gasteiger charge is 2.01. The zero-order chi connectivity index (χ0) is 10.5. The third-order valence-corrected chi connectivity index (χ3v) is 2.44. The molecule has 0 bridgehead atoms. The lowest BCUT2D eigenvalue weighted by atomic mass is 10.1. The Labute approximate surface area is 89.2 Å². The average Bonchev–Trinajstić information content (AvgIpc) is 2.30. The first-order chi connectivity index (χ1) is 7.34. The minimum Gasteiger partial charge on any atom is -0.372 e. The highest BCUT2D eigenvalue weighted by atomic mass is 19.1. The third kappa shape index (κ3) is 2.98. The molecule has 2 N–H and O–H groups in total. The first kappa shape index (κ1) is 10.0. The summed E-state index contributed by atoms with van der Waals surface area (Å²) < 4.78 is 12.6. The molecule has 3 heteroatoms. The fourth-order valence-electron chi connectivity index (χ4n) is 1.58. The van der Waals surface area contributed by atoms with Crippen LogP contribution in [-0.2, 0) is 6.42 Å². The van der Waals surface area contributed by atoms with Gasteiger partial charge < -0.3 is 10.6 Å². The topological polar surface area (TPSA) is 24.1 Å². The minimum absolute atomic E-state index is 0.180. The molecule has 0 aromatic heterocycles. The molecule has 0 amide bonds. The zero-order valence-electron chi connectivity index (χ0n) is 8.59. The van der Waals surface area contributed by atoms with Crippen molar-refractivity contribution in [1.29, 1.82) is 0 Å². The van der Waals surface area contributed by atoms with E-state index in [1.807, 2.05) is 12.1 Å². The van der Waals surface area contributed by atoms with Gasteiger partial charge in [0.15, 0.2) is 0 Å². The molecule has 0 unspecified atom stereocenters. The van der Waals surface area contributed by atoms with Crippen LogP contribution in [0.4, 0.5) is 4.39 Å². The molecule has 0 aliphatic carbocycles. The van der Waals surface area contributed by atoms with E-state index in [1.165, 1.54) is 12.1 Å². The lowest BCUT2D eigenvalue weighted by molar-refractivity contribution is 0.570. The van der Waals surface area contributed by atoms with E-state index in [1.54, 1.807) is 0 Å². The summed E-state index contributed by atoms with van der Waals surface area (Å²) in [4.78, 5) is 0. The van der Waals surface area contributed by atoms with Crippen LogP contribution < -0.4 is 10.6 Å². The molecule has 1 heterocycles. The van der Waals surface area contributed by atoms with Crippen molar-refractivity contribution in [3.05, 3.63) is 47.5 Å². The summed E-state index contributed by atoms with van der Waals surface area (Å²) in [6.07, 6.45) is 4.09. The number of hydrogen-bond donors (Lipinski definition) is 2. The molecule has 1 fully saturated rings. The van der Waals surface area contributed by atoms with Crippen molar-refractivity contribution in [3.8, 4) is 0 Å². The standard InChI is InChI=1S/C12H15FN2/c13-11-5-2-10(3-6-11)4-7-12-14-8-1-9-15-12/h2-3,5-7,14-15H,1,4,8-9H2. The second-order valence-electron chi connectivity index (χ2n) is 3.66. The SMILES string of the molecule is Fc1ccc(CC=C2NCCCN2)cc1. The van der Waals surface area contributed by atoms with Crippen molar-refractivity contribution < 1.29 is 4.39 Å². The Balaban J connectivity index is 1.94. The van der Waals surface area contributed by atoms with Crippen LogP contribution in [0.25, 0.3) is 0 Å². The molecular formula is C12H15FN2. The van der Waals surface area contributed by atoms with Crippen LogP contribution in [0.1, 0.15) is 12.0 Å². The van der Waals surface area contributed by atoms with Crippen LogP contribution >= 0.6 is 0 Å². The highest BCUT2D eigenvalue weighted by Crippen LogP contribution is 2.05. The van der Waals surface area contributed by atoms with Gasteiger partial charge in [-0.15, -0.1) is 0 Å². The molecule has 1 aromatic carbocycles. The maximum Gasteiger partial charge on any atom is 0.123 e. The van der Waals surface area contributed by atoms with Gasteiger partial charge in [-0.1, -0.05) is 12.1 Å². The molecule has 0 spiro atoms. The Morgan fingerprint density at radius 2 is 1.80 bits per heavy atom. The Hall–Kier alpha value is -1.51. The summed E-state index contributed by atoms with van der Waals surface area (Å²) in [5, 5.41) is 6.55. The van der Waals surface area contributed by atoms with Crippen molar-refractivity contribution in [2.24, 2.45) is 0 Å². The van der Waals surface area contributed by atoms with E-state index >= 15 is 0 Å². The first-order valence-electron chi connectivity index (χ1n) is 5.27. The van der Waals surface area contributed by atoms with Gasteiger partial charge in [0, 0.05) is 13.1 Å². The largest absolute Gasteiger partial charge is 0.372 e. The fourth-order valence-corrected chi connectivity index (χ4v) is 1.58. The maximum absolute atomic E-state index is 12.6. The molecule has 80 valence electrons. The lowest BCUT2D eigenvalue weighted by Crippen LogP contribution is -2.35. The zero-order valence-corrected chi connectivity index (χ0v) is 8.59. The van der Waals surface area contributed by atoms with Crippen molar-refractivity contribution in [3.63, 3.8) is 0 Å². The van der Waals surface area contributed by atoms with Crippen LogP contribution in [0, 0.1) is 5.82 Å². The normalized spacial score (nSPS) is 15.4. The summed E-state index contributed by atoms with van der Waals surface area (Å²) >= 11 is 0. The number of benzene rings is 1. The summed E-state index contributed by atoms with van der Waals surface area (Å²) in [5.41, 5.74) is 1.12. The third-order valence-electron chi connectivity index (χ3n) is 2.44. The molecule has 1 saturated heterocycles. The second kappa shape index (κ2) is 4.82. The van der Waals surface area contributed by atoms with E-state index in [0.29, 0.717) is 0 Å². The van der Waals surface area contributed by atoms with Crippen molar-refractivity contribution in [1.82, 2.24) is 10.6 Å². The molecule has 0 radical (unpaired) electrons. The van der Waals surface area contributed by atoms with E-state index in [2.05, 4.69) is 16.7 Å². The Morgan fingerprint density at radius 3 is 2.47 bits per heavy atom. The second-order valence-corrected chi connectivity index (χ2v) is 3.66. The van der Waals surface area contributed by atoms with Crippen LogP contribution in [0.15, 0.2) is 36.2 Å². The van der Waals surface area contributed by atoms with E-state index < -0.39 is 0 Å². The molecule has 0 atom stereocenters. The van der Waals surface area contributed by atoms with Gasteiger partial charge in [0.25, 0.3) is 0 Å². The Kier molecular flexibility index (Phi) is 3.22. The van der Waals surface area contributed by atoms with E-state index in [4.69, 9.17) is 0 Å². The molecule has 0 saturated carbocycles. The van der Waals surface area contributed by atoms with Crippen molar-refractivity contribution >= 4 is 0 Å². The predicted molar refractivity (Wildman–Crippen MR) is 58.8 cm³/mol. The number of nitrogens with one attached hydrogen (secondary N) is 2. The van der Waals surface area contributed by atoms with Gasteiger partial charge in [0.05, 0.1) is 5.82 Å². The van der Waals surface area contributed by atoms with Crippen LogP contribution in [0.5, 0.6) is 0 Å². The number of rotatable bonds is 2. The Morgan fingerprint density at radius 1 is 1.13 bits per heavy atom. The van der Waals surface area contributed by atoms with Gasteiger partial charge in [0.1, 0.15) is 5.82 Å². The molecule has 1 aliphatic rings. The molecule has 1 aliphatic heterocycles. The van der Waals surface area contributed by atoms with Crippen LogP contribution in [-0.4, -0.2) is 13.1 Å². The van der Waals surface area contributed by atoms with Gasteiger partial charge in [-0.2, -0.15) is 0 Å². The van der Waals surface area contributed by atoms with E-state index in [-0.39, 0.29) is 5.82 Å². The van der Waals surface area contributed by atoms with E-state index in [0.717, 1.165) is 37.3 Å². The highest BCUT2D eigenvalue weighted by molar-refractivity contribution is 5.19. The fraction of sp³-hybridized carbons (Fsp3) is 0.333. The monoisotopic (exact) mass is 206 g/mol.